The first-order chi connectivity index (χ1) is 15.6. The monoisotopic (exact) mass is 445 g/mol. The number of nitrogens with zero attached hydrogens (tertiary/aromatic N) is 4. The van der Waals surface area contributed by atoms with Crippen LogP contribution >= 0.6 is 11.8 Å². The lowest BCUT2D eigenvalue weighted by molar-refractivity contribution is -0.129. The molecule has 7 heteroatoms. The maximum Gasteiger partial charge on any atom is 0.233 e. The van der Waals surface area contributed by atoms with Crippen LogP contribution in [-0.4, -0.2) is 49.4 Å². The van der Waals surface area contributed by atoms with E-state index in [-0.39, 0.29) is 5.91 Å². The molecule has 3 heterocycles. The number of hydrogen-bond donors (Lipinski definition) is 1. The molecule has 1 aliphatic heterocycles. The number of para-hydroxylation sites is 2. The molecule has 2 aromatic carbocycles. The van der Waals surface area contributed by atoms with Crippen molar-refractivity contribution in [2.45, 2.75) is 31.8 Å². The van der Waals surface area contributed by atoms with Crippen molar-refractivity contribution in [1.29, 1.82) is 0 Å². The summed E-state index contributed by atoms with van der Waals surface area (Å²) in [6.45, 7) is 6.05. The number of piperidine rings is 1. The quantitative estimate of drug-likeness (QED) is 0.435. The second kappa shape index (κ2) is 8.82. The first kappa shape index (κ1) is 20.8. The van der Waals surface area contributed by atoms with E-state index in [1.807, 2.05) is 35.4 Å². The number of carbonyl (C=O) groups excluding carboxylic acids is 1. The zero-order valence-corrected chi connectivity index (χ0v) is 19.2. The molecule has 0 saturated carbocycles. The van der Waals surface area contributed by atoms with Crippen molar-refractivity contribution < 1.29 is 4.79 Å². The zero-order valence-electron chi connectivity index (χ0n) is 18.4. The molecule has 2 aromatic heterocycles. The Balaban J connectivity index is 1.49. The largest absolute Gasteiger partial charge is 0.360 e. The number of aromatic nitrogens is 4. The Bertz CT molecular complexity index is 1250. The van der Waals surface area contributed by atoms with Crippen LogP contribution in [0.25, 0.3) is 28.0 Å². The number of fused-ring (bicyclic) bond motifs is 1. The molecule has 0 bridgehead atoms. The van der Waals surface area contributed by atoms with Crippen LogP contribution in [0.5, 0.6) is 0 Å². The molecule has 4 aromatic rings. The zero-order chi connectivity index (χ0) is 22.1. The van der Waals surface area contributed by atoms with Crippen LogP contribution in [-0.2, 0) is 4.79 Å². The predicted molar refractivity (Wildman–Crippen MR) is 129 cm³/mol. The number of nitrogens with one attached hydrogen (secondary N) is 1. The van der Waals surface area contributed by atoms with Gasteiger partial charge in [-0.25, -0.2) is 0 Å². The van der Waals surface area contributed by atoms with Crippen LogP contribution in [0.3, 0.4) is 0 Å². The summed E-state index contributed by atoms with van der Waals surface area (Å²) in [6.07, 6.45) is 4.15. The lowest BCUT2D eigenvalue weighted by Gasteiger charge is -2.30. The van der Waals surface area contributed by atoms with Gasteiger partial charge in [-0.05, 0) is 43.4 Å². The minimum Gasteiger partial charge on any atom is -0.360 e. The van der Waals surface area contributed by atoms with Gasteiger partial charge in [0.1, 0.15) is 0 Å². The smallest absolute Gasteiger partial charge is 0.233 e. The van der Waals surface area contributed by atoms with Gasteiger partial charge in [-0.15, -0.1) is 10.2 Å². The second-order valence-electron chi connectivity index (χ2n) is 8.53. The number of H-pyrrole nitrogens is 1. The molecule has 1 fully saturated rings. The van der Waals surface area contributed by atoms with Gasteiger partial charge in [0.15, 0.2) is 11.0 Å². The molecule has 5 rings (SSSR count). The maximum atomic E-state index is 12.8. The van der Waals surface area contributed by atoms with Gasteiger partial charge < -0.3 is 9.88 Å². The molecule has 0 spiro atoms. The third kappa shape index (κ3) is 3.93. The number of likely N-dealkylation sites (tertiary alicyclic amines) is 1. The molecule has 1 aliphatic rings. The SMILES string of the molecule is Cc1ccccc1-n1c(SCC(=O)N2CCC(C)CC2)nnc1-c1c[nH]c2ccccc12. The highest BCUT2D eigenvalue weighted by Gasteiger charge is 2.23. The van der Waals surface area contributed by atoms with Gasteiger partial charge in [0, 0.05) is 35.8 Å². The summed E-state index contributed by atoms with van der Waals surface area (Å²) in [5.74, 6) is 2.02. The Hall–Kier alpha value is -3.06. The number of aromatic amines is 1. The van der Waals surface area contributed by atoms with Crippen LogP contribution in [0.4, 0.5) is 0 Å². The third-order valence-corrected chi connectivity index (χ3v) is 7.19. The van der Waals surface area contributed by atoms with Crippen molar-refractivity contribution in [1.82, 2.24) is 24.6 Å². The van der Waals surface area contributed by atoms with Gasteiger partial charge in [-0.2, -0.15) is 0 Å². The van der Waals surface area contributed by atoms with Gasteiger partial charge >= 0.3 is 0 Å². The van der Waals surface area contributed by atoms with Crippen molar-refractivity contribution in [3.05, 3.63) is 60.3 Å². The van der Waals surface area contributed by atoms with Gasteiger partial charge in [-0.3, -0.25) is 9.36 Å². The molecular weight excluding hydrogens is 418 g/mol. The molecular formula is C25H27N5OS. The topological polar surface area (TPSA) is 66.8 Å². The Kier molecular flexibility index (Phi) is 5.74. The van der Waals surface area contributed by atoms with Crippen molar-refractivity contribution in [2.75, 3.05) is 18.8 Å². The number of benzene rings is 2. The van der Waals surface area contributed by atoms with E-state index in [4.69, 9.17) is 0 Å². The molecule has 164 valence electrons. The number of rotatable bonds is 5. The number of amides is 1. The second-order valence-corrected chi connectivity index (χ2v) is 9.47. The number of carbonyl (C=O) groups is 1. The number of thioether (sulfide) groups is 1. The number of aryl methyl sites for hydroxylation is 1. The Morgan fingerprint density at radius 1 is 1.09 bits per heavy atom. The predicted octanol–water partition coefficient (Wildman–Crippen LogP) is 5.07. The van der Waals surface area contributed by atoms with Crippen molar-refractivity contribution in [3.8, 4) is 17.1 Å². The first-order valence-corrected chi connectivity index (χ1v) is 12.1. The summed E-state index contributed by atoms with van der Waals surface area (Å²) in [6, 6.07) is 16.4. The highest BCUT2D eigenvalue weighted by molar-refractivity contribution is 7.99. The minimum absolute atomic E-state index is 0.176. The highest BCUT2D eigenvalue weighted by atomic mass is 32.2. The molecule has 0 aliphatic carbocycles. The Morgan fingerprint density at radius 2 is 1.84 bits per heavy atom. The van der Waals surface area contributed by atoms with Gasteiger partial charge in [-0.1, -0.05) is 55.1 Å². The van der Waals surface area contributed by atoms with E-state index in [0.717, 1.165) is 64.6 Å². The van der Waals surface area contributed by atoms with Crippen LogP contribution in [0.2, 0.25) is 0 Å². The van der Waals surface area contributed by atoms with Crippen molar-refractivity contribution >= 4 is 28.6 Å². The summed E-state index contributed by atoms with van der Waals surface area (Å²) in [5.41, 5.74) is 4.22. The summed E-state index contributed by atoms with van der Waals surface area (Å²) < 4.78 is 2.08. The van der Waals surface area contributed by atoms with E-state index in [9.17, 15) is 4.79 Å². The van der Waals surface area contributed by atoms with Gasteiger partial charge in [0.05, 0.1) is 11.4 Å². The fraction of sp³-hybridized carbons (Fsp3) is 0.320. The summed E-state index contributed by atoms with van der Waals surface area (Å²) in [4.78, 5) is 18.2. The lowest BCUT2D eigenvalue weighted by atomic mass is 9.99. The molecule has 1 N–H and O–H groups in total. The van der Waals surface area contributed by atoms with E-state index in [1.165, 1.54) is 11.8 Å². The standard InChI is InChI=1S/C25H27N5OS/c1-17-11-13-29(14-12-17)23(31)16-32-25-28-27-24(30(25)22-10-6-3-7-18(22)2)20-15-26-21-9-5-4-8-19(20)21/h3-10,15,17,26H,11-14,16H2,1-2H3. The van der Waals surface area contributed by atoms with Crippen LogP contribution < -0.4 is 0 Å². The summed E-state index contributed by atoms with van der Waals surface area (Å²) in [5, 5.41) is 10.9. The molecule has 32 heavy (non-hydrogen) atoms. The molecule has 0 atom stereocenters. The summed E-state index contributed by atoms with van der Waals surface area (Å²) >= 11 is 1.46. The maximum absolute atomic E-state index is 12.8. The van der Waals surface area contributed by atoms with Crippen LogP contribution in [0.15, 0.2) is 59.9 Å². The van der Waals surface area contributed by atoms with Gasteiger partial charge in [0.25, 0.3) is 0 Å². The normalized spacial score (nSPS) is 14.9. The fourth-order valence-corrected chi connectivity index (χ4v) is 5.15. The van der Waals surface area contributed by atoms with Crippen LogP contribution in [0.1, 0.15) is 25.3 Å². The first-order valence-electron chi connectivity index (χ1n) is 11.1. The van der Waals surface area contributed by atoms with E-state index in [1.54, 1.807) is 0 Å². The Labute approximate surface area is 192 Å². The van der Waals surface area contributed by atoms with Gasteiger partial charge in [0.2, 0.25) is 5.91 Å². The summed E-state index contributed by atoms with van der Waals surface area (Å²) in [7, 11) is 0. The van der Waals surface area contributed by atoms with E-state index in [0.29, 0.717) is 11.7 Å². The number of hydrogen-bond acceptors (Lipinski definition) is 4. The highest BCUT2D eigenvalue weighted by Crippen LogP contribution is 2.33. The molecule has 0 radical (unpaired) electrons. The average molecular weight is 446 g/mol. The van der Waals surface area contributed by atoms with Crippen molar-refractivity contribution in [2.24, 2.45) is 5.92 Å². The lowest BCUT2D eigenvalue weighted by Crippen LogP contribution is -2.38. The molecule has 6 nitrogen and oxygen atoms in total. The van der Waals surface area contributed by atoms with E-state index < -0.39 is 0 Å². The van der Waals surface area contributed by atoms with Crippen LogP contribution in [0, 0.1) is 12.8 Å². The van der Waals surface area contributed by atoms with Crippen molar-refractivity contribution in [3.63, 3.8) is 0 Å². The Morgan fingerprint density at radius 3 is 2.66 bits per heavy atom. The molecule has 1 amide bonds. The minimum atomic E-state index is 0.176. The molecule has 1 saturated heterocycles. The fourth-order valence-electron chi connectivity index (χ4n) is 4.30. The third-order valence-electron chi connectivity index (χ3n) is 6.28. The van der Waals surface area contributed by atoms with E-state index in [2.05, 4.69) is 57.9 Å². The average Bonchev–Trinajstić information content (AvgIpc) is 3.42. The molecule has 0 unspecified atom stereocenters. The van der Waals surface area contributed by atoms with E-state index >= 15 is 0 Å².